The van der Waals surface area contributed by atoms with Crippen LogP contribution in [0.25, 0.3) is 0 Å². The number of hydrogen-bond acceptors (Lipinski definition) is 3. The van der Waals surface area contributed by atoms with Crippen LogP contribution in [0.15, 0.2) is 0 Å². The average Bonchev–Trinajstić information content (AvgIpc) is 2.34. The summed E-state index contributed by atoms with van der Waals surface area (Å²) in [5, 5.41) is 3.68. The lowest BCUT2D eigenvalue weighted by atomic mass is 9.84. The summed E-state index contributed by atoms with van der Waals surface area (Å²) in [5.41, 5.74) is 0. The van der Waals surface area contributed by atoms with E-state index in [2.05, 4.69) is 35.2 Å². The highest BCUT2D eigenvalue weighted by molar-refractivity contribution is 8.00. The van der Waals surface area contributed by atoms with E-state index in [1.165, 1.54) is 71.2 Å². The van der Waals surface area contributed by atoms with Crippen LogP contribution in [0, 0.1) is 5.92 Å². The van der Waals surface area contributed by atoms with Gasteiger partial charge in [0, 0.05) is 11.3 Å². The lowest BCUT2D eigenvalue weighted by molar-refractivity contribution is 0.190. The first kappa shape index (κ1) is 14.7. The Hall–Kier alpha value is 0.270. The number of rotatable bonds is 7. The summed E-state index contributed by atoms with van der Waals surface area (Å²) in [6.45, 7) is 8.77. The molecule has 1 aliphatic carbocycles. The van der Waals surface area contributed by atoms with E-state index in [-0.39, 0.29) is 0 Å². The molecule has 2 rings (SSSR count). The first-order valence-corrected chi connectivity index (χ1v) is 8.95. The third kappa shape index (κ3) is 4.14. The van der Waals surface area contributed by atoms with Gasteiger partial charge in [0.15, 0.2) is 0 Å². The van der Waals surface area contributed by atoms with Crippen LogP contribution in [0.1, 0.15) is 45.4 Å². The van der Waals surface area contributed by atoms with E-state index < -0.39 is 0 Å². The molecule has 1 aliphatic heterocycles. The molecule has 0 atom stereocenters. The SMILES string of the molecule is CSC1(CNCCCN2CCC(C)CC2)CCC1. The van der Waals surface area contributed by atoms with Crippen molar-refractivity contribution in [1.29, 1.82) is 0 Å². The van der Waals surface area contributed by atoms with Crippen LogP contribution in [0.2, 0.25) is 0 Å². The molecule has 0 radical (unpaired) electrons. The molecule has 0 spiro atoms. The summed E-state index contributed by atoms with van der Waals surface area (Å²) in [5.74, 6) is 0.958. The number of likely N-dealkylation sites (tertiary alicyclic amines) is 1. The Morgan fingerprint density at radius 1 is 1.28 bits per heavy atom. The van der Waals surface area contributed by atoms with Crippen molar-refractivity contribution in [1.82, 2.24) is 10.2 Å². The molecule has 1 saturated carbocycles. The van der Waals surface area contributed by atoms with Crippen molar-refractivity contribution in [2.75, 3.05) is 39.0 Å². The molecule has 1 heterocycles. The van der Waals surface area contributed by atoms with E-state index in [0.29, 0.717) is 4.75 Å². The largest absolute Gasteiger partial charge is 0.315 e. The average molecular weight is 270 g/mol. The van der Waals surface area contributed by atoms with Gasteiger partial charge in [0.1, 0.15) is 0 Å². The minimum Gasteiger partial charge on any atom is -0.315 e. The van der Waals surface area contributed by atoms with Gasteiger partial charge in [0.05, 0.1) is 0 Å². The number of nitrogens with one attached hydrogen (secondary N) is 1. The summed E-state index contributed by atoms with van der Waals surface area (Å²) in [7, 11) is 0. The molecule has 106 valence electrons. The normalized spacial score (nSPS) is 25.0. The number of hydrogen-bond donors (Lipinski definition) is 1. The van der Waals surface area contributed by atoms with Crippen LogP contribution in [0.3, 0.4) is 0 Å². The van der Waals surface area contributed by atoms with E-state index in [0.717, 1.165) is 5.92 Å². The highest BCUT2D eigenvalue weighted by Crippen LogP contribution is 2.42. The van der Waals surface area contributed by atoms with Gasteiger partial charge >= 0.3 is 0 Å². The Labute approximate surface area is 117 Å². The van der Waals surface area contributed by atoms with Gasteiger partial charge in [-0.25, -0.2) is 0 Å². The summed E-state index contributed by atoms with van der Waals surface area (Å²) < 4.78 is 0.598. The molecule has 2 fully saturated rings. The minimum atomic E-state index is 0.598. The van der Waals surface area contributed by atoms with E-state index in [1.54, 1.807) is 0 Å². The van der Waals surface area contributed by atoms with E-state index in [1.807, 2.05) is 0 Å². The molecule has 2 aliphatic rings. The fourth-order valence-corrected chi connectivity index (χ4v) is 4.00. The second-order valence-corrected chi connectivity index (χ2v) is 7.57. The molecular weight excluding hydrogens is 240 g/mol. The third-order valence-electron chi connectivity index (χ3n) is 4.85. The Balaban J connectivity index is 1.48. The molecule has 0 amide bonds. The van der Waals surface area contributed by atoms with Crippen LogP contribution < -0.4 is 5.32 Å². The van der Waals surface area contributed by atoms with Gasteiger partial charge in [0.25, 0.3) is 0 Å². The molecule has 3 heteroatoms. The Morgan fingerprint density at radius 2 is 2.00 bits per heavy atom. The lowest BCUT2D eigenvalue weighted by Gasteiger charge is -2.40. The zero-order valence-electron chi connectivity index (χ0n) is 12.2. The molecule has 2 nitrogen and oxygen atoms in total. The van der Waals surface area contributed by atoms with Gasteiger partial charge in [-0.15, -0.1) is 0 Å². The molecule has 0 unspecified atom stereocenters. The Bertz CT molecular complexity index is 227. The topological polar surface area (TPSA) is 15.3 Å². The van der Waals surface area contributed by atoms with Crippen molar-refractivity contribution in [2.24, 2.45) is 5.92 Å². The summed E-state index contributed by atoms with van der Waals surface area (Å²) in [6, 6.07) is 0. The third-order valence-corrected chi connectivity index (χ3v) is 6.27. The second-order valence-electron chi connectivity index (χ2n) is 6.30. The van der Waals surface area contributed by atoms with Gasteiger partial charge in [-0.3, -0.25) is 0 Å². The van der Waals surface area contributed by atoms with Crippen molar-refractivity contribution in [2.45, 2.75) is 50.2 Å². The van der Waals surface area contributed by atoms with E-state index >= 15 is 0 Å². The second kappa shape index (κ2) is 7.16. The number of nitrogens with zero attached hydrogens (tertiary/aromatic N) is 1. The van der Waals surface area contributed by atoms with Crippen LogP contribution in [0.5, 0.6) is 0 Å². The standard InChI is InChI=1S/C15H30N2S/c1-14-5-11-17(12-6-14)10-4-9-16-13-15(18-2)7-3-8-15/h14,16H,3-13H2,1-2H3. The van der Waals surface area contributed by atoms with Crippen molar-refractivity contribution in [3.05, 3.63) is 0 Å². The van der Waals surface area contributed by atoms with Crippen molar-refractivity contribution in [3.63, 3.8) is 0 Å². The van der Waals surface area contributed by atoms with Crippen LogP contribution in [-0.2, 0) is 0 Å². The van der Waals surface area contributed by atoms with Gasteiger partial charge < -0.3 is 10.2 Å². The fraction of sp³-hybridized carbons (Fsp3) is 1.00. The van der Waals surface area contributed by atoms with Gasteiger partial charge in [-0.1, -0.05) is 13.3 Å². The first-order chi connectivity index (χ1) is 8.74. The highest BCUT2D eigenvalue weighted by atomic mass is 32.2. The zero-order valence-corrected chi connectivity index (χ0v) is 13.0. The summed E-state index contributed by atoms with van der Waals surface area (Å²) in [4.78, 5) is 2.65. The van der Waals surface area contributed by atoms with Crippen molar-refractivity contribution in [3.8, 4) is 0 Å². The Kier molecular flexibility index (Phi) is 5.84. The molecule has 0 aromatic carbocycles. The molecule has 1 saturated heterocycles. The maximum atomic E-state index is 3.68. The molecule has 18 heavy (non-hydrogen) atoms. The maximum Gasteiger partial charge on any atom is 0.0281 e. The van der Waals surface area contributed by atoms with Crippen LogP contribution in [0.4, 0.5) is 0 Å². The molecular formula is C15H30N2S. The summed E-state index contributed by atoms with van der Waals surface area (Å²) in [6.07, 6.45) is 10.7. The predicted molar refractivity (Wildman–Crippen MR) is 82.4 cm³/mol. The molecule has 0 aromatic rings. The molecule has 0 bridgehead atoms. The van der Waals surface area contributed by atoms with Gasteiger partial charge in [0.2, 0.25) is 0 Å². The first-order valence-electron chi connectivity index (χ1n) is 7.72. The van der Waals surface area contributed by atoms with Crippen molar-refractivity contribution < 1.29 is 0 Å². The zero-order chi connectivity index (χ0) is 12.8. The number of piperidine rings is 1. The van der Waals surface area contributed by atoms with Crippen LogP contribution >= 0.6 is 11.8 Å². The Morgan fingerprint density at radius 3 is 2.56 bits per heavy atom. The minimum absolute atomic E-state index is 0.598. The maximum absolute atomic E-state index is 3.68. The quantitative estimate of drug-likeness (QED) is 0.716. The lowest BCUT2D eigenvalue weighted by Crippen LogP contribution is -2.44. The monoisotopic (exact) mass is 270 g/mol. The smallest absolute Gasteiger partial charge is 0.0281 e. The predicted octanol–water partition coefficient (Wildman–Crippen LogP) is 2.98. The highest BCUT2D eigenvalue weighted by Gasteiger charge is 2.35. The van der Waals surface area contributed by atoms with Crippen molar-refractivity contribution >= 4 is 11.8 Å². The summed E-state index contributed by atoms with van der Waals surface area (Å²) >= 11 is 2.07. The van der Waals surface area contributed by atoms with E-state index in [4.69, 9.17) is 0 Å². The van der Waals surface area contributed by atoms with Crippen LogP contribution in [-0.4, -0.2) is 48.6 Å². The van der Waals surface area contributed by atoms with Gasteiger partial charge in [-0.2, -0.15) is 11.8 Å². The fourth-order valence-electron chi connectivity index (χ4n) is 3.05. The molecule has 0 aromatic heterocycles. The molecule has 1 N–H and O–H groups in total. The van der Waals surface area contributed by atoms with Gasteiger partial charge in [-0.05, 0) is 70.5 Å². The van der Waals surface area contributed by atoms with E-state index in [9.17, 15) is 0 Å². The number of thioether (sulfide) groups is 1.